The summed E-state index contributed by atoms with van der Waals surface area (Å²) in [6, 6.07) is 3.11. The molecule has 0 aliphatic heterocycles. The first-order valence-corrected chi connectivity index (χ1v) is 3.76. The SMILES string of the molecule is C/C(C(=O)O)=c1/c2ccc(O)c1n2. The zero-order valence-corrected chi connectivity index (χ0v) is 6.90. The third-order valence-corrected chi connectivity index (χ3v) is 2.06. The largest absolute Gasteiger partial charge is 0.506 e. The van der Waals surface area contributed by atoms with E-state index in [1.807, 2.05) is 0 Å². The average Bonchev–Trinajstić information content (AvgIpc) is 2.03. The summed E-state index contributed by atoms with van der Waals surface area (Å²) in [4.78, 5) is 14.6. The predicted molar refractivity (Wildman–Crippen MR) is 46.5 cm³/mol. The number of aliphatic carboxylic acids is 1. The van der Waals surface area contributed by atoms with Crippen molar-refractivity contribution in [3.05, 3.63) is 17.4 Å². The van der Waals surface area contributed by atoms with Gasteiger partial charge in [-0.15, -0.1) is 0 Å². The molecule has 3 rings (SSSR count). The van der Waals surface area contributed by atoms with Gasteiger partial charge in [0.25, 0.3) is 0 Å². The normalized spacial score (nSPS) is 13.6. The van der Waals surface area contributed by atoms with E-state index in [2.05, 4.69) is 4.98 Å². The molecule has 0 spiro atoms. The maximum absolute atomic E-state index is 10.6. The van der Waals surface area contributed by atoms with Gasteiger partial charge in [0.2, 0.25) is 0 Å². The minimum absolute atomic E-state index is 0.0330. The van der Waals surface area contributed by atoms with Gasteiger partial charge in [-0.2, -0.15) is 0 Å². The van der Waals surface area contributed by atoms with Crippen molar-refractivity contribution >= 4 is 22.6 Å². The van der Waals surface area contributed by atoms with Crippen molar-refractivity contribution in [2.75, 3.05) is 0 Å². The van der Waals surface area contributed by atoms with E-state index in [9.17, 15) is 9.90 Å². The number of aromatic nitrogens is 1. The Labute approximate surface area is 73.5 Å². The molecule has 0 radical (unpaired) electrons. The van der Waals surface area contributed by atoms with Crippen molar-refractivity contribution in [1.29, 1.82) is 0 Å². The highest BCUT2D eigenvalue weighted by atomic mass is 16.4. The molecular weight excluding hydrogens is 170 g/mol. The molecular formula is C9H7NO3. The first-order chi connectivity index (χ1) is 6.11. The molecule has 0 fully saturated rings. The van der Waals surface area contributed by atoms with E-state index in [1.165, 1.54) is 13.0 Å². The molecule has 2 heterocycles. The molecule has 66 valence electrons. The summed E-state index contributed by atoms with van der Waals surface area (Å²) in [5.41, 5.74) is 1.24. The van der Waals surface area contributed by atoms with Crippen molar-refractivity contribution in [1.82, 2.24) is 4.98 Å². The number of nitrogens with zero attached hydrogens (tertiary/aromatic N) is 1. The van der Waals surface area contributed by atoms with Gasteiger partial charge < -0.3 is 10.2 Å². The van der Waals surface area contributed by atoms with Crippen LogP contribution in [-0.4, -0.2) is 21.2 Å². The lowest BCUT2D eigenvalue weighted by atomic mass is 10.1. The number of carboxylic acids is 1. The Bertz CT molecular complexity index is 512. The van der Waals surface area contributed by atoms with Gasteiger partial charge in [-0.1, -0.05) is 0 Å². The van der Waals surface area contributed by atoms with E-state index in [1.54, 1.807) is 6.07 Å². The lowest BCUT2D eigenvalue weighted by molar-refractivity contribution is -0.130. The first kappa shape index (κ1) is 7.79. The van der Waals surface area contributed by atoms with Gasteiger partial charge in [-0.3, -0.25) is 0 Å². The summed E-state index contributed by atoms with van der Waals surface area (Å²) in [5.74, 6) is -0.950. The first-order valence-electron chi connectivity index (χ1n) is 3.76. The van der Waals surface area contributed by atoms with Crippen LogP contribution in [0.15, 0.2) is 12.1 Å². The zero-order valence-electron chi connectivity index (χ0n) is 6.90. The van der Waals surface area contributed by atoms with Gasteiger partial charge in [0, 0.05) is 10.8 Å². The molecule has 0 unspecified atom stereocenters. The Morgan fingerprint density at radius 1 is 1.46 bits per heavy atom. The molecule has 0 amide bonds. The fourth-order valence-electron chi connectivity index (χ4n) is 1.32. The number of pyridine rings is 1. The van der Waals surface area contributed by atoms with E-state index in [4.69, 9.17) is 5.11 Å². The second-order valence-corrected chi connectivity index (χ2v) is 2.87. The molecule has 2 N–H and O–H groups in total. The molecule has 2 aromatic heterocycles. The summed E-state index contributed by atoms with van der Waals surface area (Å²) in [5, 5.41) is 18.5. The van der Waals surface area contributed by atoms with E-state index in [0.29, 0.717) is 16.3 Å². The van der Waals surface area contributed by atoms with E-state index >= 15 is 0 Å². The van der Waals surface area contributed by atoms with Crippen LogP contribution in [0.1, 0.15) is 6.92 Å². The van der Waals surface area contributed by atoms with Crippen molar-refractivity contribution in [2.24, 2.45) is 0 Å². The minimum Gasteiger partial charge on any atom is -0.506 e. The maximum atomic E-state index is 10.6. The van der Waals surface area contributed by atoms with Gasteiger partial charge in [0.15, 0.2) is 0 Å². The Hall–Kier alpha value is -1.84. The molecule has 4 heteroatoms. The lowest BCUT2D eigenvalue weighted by Gasteiger charge is -2.07. The van der Waals surface area contributed by atoms with Crippen LogP contribution >= 0.6 is 0 Å². The van der Waals surface area contributed by atoms with E-state index in [0.717, 1.165) is 0 Å². The number of carboxylic acid groups (broad SMARTS) is 1. The standard InChI is InChI=1S/C9H7NO3/c1-4(9(12)13)7-5-2-3-6(11)8(7)10-5/h2-3,11H,1H3,(H,12,13)/b7-4+. The smallest absolute Gasteiger partial charge is 0.332 e. The van der Waals surface area contributed by atoms with Crippen molar-refractivity contribution in [3.8, 4) is 5.75 Å². The van der Waals surface area contributed by atoms with E-state index in [-0.39, 0.29) is 11.3 Å². The van der Waals surface area contributed by atoms with Crippen LogP contribution in [0.3, 0.4) is 0 Å². The van der Waals surface area contributed by atoms with Gasteiger partial charge in [-0.05, 0) is 19.1 Å². The molecule has 13 heavy (non-hydrogen) atoms. The number of benzene rings is 1. The van der Waals surface area contributed by atoms with Crippen LogP contribution in [0.4, 0.5) is 0 Å². The quantitative estimate of drug-likeness (QED) is 0.659. The Morgan fingerprint density at radius 3 is 2.62 bits per heavy atom. The molecule has 0 saturated carbocycles. The number of phenolic OH excluding ortho intramolecular Hbond substituents is 1. The predicted octanol–water partition coefficient (Wildman–Crippen LogP) is 0.352. The topological polar surface area (TPSA) is 70.4 Å². The fourth-order valence-corrected chi connectivity index (χ4v) is 1.32. The monoisotopic (exact) mass is 177 g/mol. The van der Waals surface area contributed by atoms with Gasteiger partial charge in [0.05, 0.1) is 5.52 Å². The van der Waals surface area contributed by atoms with Gasteiger partial charge in [0.1, 0.15) is 11.3 Å². The summed E-state index contributed by atoms with van der Waals surface area (Å²) in [6.45, 7) is 1.50. The third kappa shape index (κ3) is 0.917. The molecule has 4 nitrogen and oxygen atoms in total. The van der Waals surface area contributed by atoms with Crippen LogP contribution < -0.4 is 5.22 Å². The van der Waals surface area contributed by atoms with Crippen LogP contribution in [-0.2, 0) is 4.79 Å². The molecule has 0 atom stereocenters. The van der Waals surface area contributed by atoms with Crippen LogP contribution in [0.25, 0.3) is 16.6 Å². The van der Waals surface area contributed by atoms with Gasteiger partial charge >= 0.3 is 5.97 Å². The highest BCUT2D eigenvalue weighted by Gasteiger charge is 2.14. The Balaban J connectivity index is 2.84. The molecule has 0 saturated heterocycles. The lowest BCUT2D eigenvalue weighted by Crippen LogP contribution is -2.20. The highest BCUT2D eigenvalue weighted by Crippen LogP contribution is 2.18. The molecule has 2 bridgehead atoms. The zero-order chi connectivity index (χ0) is 9.59. The number of phenols is 1. The van der Waals surface area contributed by atoms with Crippen molar-refractivity contribution in [2.45, 2.75) is 6.92 Å². The summed E-state index contributed by atoms with van der Waals surface area (Å²) in [7, 11) is 0. The highest BCUT2D eigenvalue weighted by molar-refractivity contribution is 6.10. The Morgan fingerprint density at radius 2 is 2.15 bits per heavy atom. The summed E-state index contributed by atoms with van der Waals surface area (Å²) in [6.07, 6.45) is 0. The number of rotatable bonds is 1. The number of hydrogen-bond donors (Lipinski definition) is 2. The summed E-state index contributed by atoms with van der Waals surface area (Å²) >= 11 is 0. The van der Waals surface area contributed by atoms with Crippen LogP contribution in [0.5, 0.6) is 5.75 Å². The number of carbonyl (C=O) groups is 1. The average molecular weight is 177 g/mol. The molecule has 0 aliphatic carbocycles. The maximum Gasteiger partial charge on any atom is 0.332 e. The number of fused-ring (bicyclic) bond motifs is 2. The second kappa shape index (κ2) is 2.32. The molecule has 3 aromatic rings. The van der Waals surface area contributed by atoms with Crippen molar-refractivity contribution < 1.29 is 15.0 Å². The minimum atomic E-state index is -0.983. The number of hydrogen-bond acceptors (Lipinski definition) is 3. The van der Waals surface area contributed by atoms with Gasteiger partial charge in [-0.25, -0.2) is 9.78 Å². The second-order valence-electron chi connectivity index (χ2n) is 2.87. The van der Waals surface area contributed by atoms with Crippen LogP contribution in [0, 0.1) is 0 Å². The summed E-state index contributed by atoms with van der Waals surface area (Å²) < 4.78 is 0. The van der Waals surface area contributed by atoms with Crippen LogP contribution in [0.2, 0.25) is 0 Å². The van der Waals surface area contributed by atoms with E-state index < -0.39 is 5.97 Å². The molecule has 1 aromatic carbocycles. The fraction of sp³-hybridized carbons (Fsp3) is 0.111. The molecule has 0 aliphatic rings. The number of aromatic hydroxyl groups is 1. The Kier molecular flexibility index (Phi) is 1.39. The van der Waals surface area contributed by atoms with Crippen molar-refractivity contribution in [3.63, 3.8) is 0 Å². The third-order valence-electron chi connectivity index (χ3n) is 2.06.